The second-order valence-corrected chi connectivity index (χ2v) is 6.54. The Bertz CT molecular complexity index is 794. The zero-order valence-electron chi connectivity index (χ0n) is 16.1. The predicted molar refractivity (Wildman–Crippen MR) is 97.8 cm³/mol. The maximum atomic E-state index is 14.6. The molecule has 1 heterocycles. The number of hydrogen-bond acceptors (Lipinski definition) is 6. The minimum atomic E-state index is -4.91. The van der Waals surface area contributed by atoms with Crippen LogP contribution in [0.1, 0.15) is 11.1 Å². The van der Waals surface area contributed by atoms with Gasteiger partial charge >= 0.3 is 6.18 Å². The van der Waals surface area contributed by atoms with Gasteiger partial charge in [0.2, 0.25) is 0 Å². The molecule has 0 unspecified atom stereocenters. The van der Waals surface area contributed by atoms with E-state index in [0.717, 1.165) is 18.7 Å². The number of aliphatic hydroxyl groups is 2. The van der Waals surface area contributed by atoms with Crippen LogP contribution in [-0.2, 0) is 12.7 Å². The molecule has 1 aromatic carbocycles. The second kappa shape index (κ2) is 10.0. The van der Waals surface area contributed by atoms with Gasteiger partial charge < -0.3 is 25.2 Å². The fourth-order valence-corrected chi connectivity index (χ4v) is 2.72. The van der Waals surface area contributed by atoms with Crippen molar-refractivity contribution in [3.8, 4) is 17.0 Å². The summed E-state index contributed by atoms with van der Waals surface area (Å²) in [5.41, 5.74) is -0.617. The largest absolute Gasteiger partial charge is 0.482 e. The Morgan fingerprint density at radius 1 is 1.28 bits per heavy atom. The molecule has 162 valence electrons. The van der Waals surface area contributed by atoms with Gasteiger partial charge in [-0.25, -0.2) is 4.39 Å². The lowest BCUT2D eigenvalue weighted by molar-refractivity contribution is -0.139. The van der Waals surface area contributed by atoms with Crippen LogP contribution in [0.5, 0.6) is 5.75 Å². The third kappa shape index (κ3) is 5.89. The lowest BCUT2D eigenvalue weighted by atomic mass is 10.0. The molecular formula is C18H24F4N4O3. The van der Waals surface area contributed by atoms with Crippen molar-refractivity contribution in [3.05, 3.63) is 35.3 Å². The topological polar surface area (TPSA) is 93.6 Å². The first-order chi connectivity index (χ1) is 13.7. The average Bonchev–Trinajstić information content (AvgIpc) is 3.12. The summed E-state index contributed by atoms with van der Waals surface area (Å²) in [6.45, 7) is 0.278. The number of aromatic nitrogens is 2. The Morgan fingerprint density at radius 2 is 1.97 bits per heavy atom. The highest BCUT2D eigenvalue weighted by Gasteiger charge is 2.37. The highest BCUT2D eigenvalue weighted by molar-refractivity contribution is 5.66. The van der Waals surface area contributed by atoms with Crippen LogP contribution in [0, 0.1) is 5.82 Å². The molecule has 0 aliphatic heterocycles. The van der Waals surface area contributed by atoms with Crippen molar-refractivity contribution in [3.63, 3.8) is 0 Å². The zero-order valence-corrected chi connectivity index (χ0v) is 16.1. The van der Waals surface area contributed by atoms with Gasteiger partial charge in [-0.05, 0) is 26.2 Å². The van der Waals surface area contributed by atoms with Crippen molar-refractivity contribution in [1.82, 2.24) is 20.4 Å². The number of hydrogen-bond donors (Lipinski definition) is 4. The lowest BCUT2D eigenvalue weighted by Crippen LogP contribution is -2.27. The van der Waals surface area contributed by atoms with Crippen LogP contribution in [0.25, 0.3) is 11.3 Å². The number of halogens is 4. The van der Waals surface area contributed by atoms with Gasteiger partial charge in [0.1, 0.15) is 11.7 Å². The summed E-state index contributed by atoms with van der Waals surface area (Å²) in [4.78, 5) is 1.94. The molecule has 0 spiro atoms. The molecule has 0 aliphatic rings. The number of rotatable bonds is 10. The summed E-state index contributed by atoms with van der Waals surface area (Å²) in [5.74, 6) is -2.34. The molecule has 0 saturated carbocycles. The molecular weight excluding hydrogens is 396 g/mol. The number of aromatic amines is 1. The summed E-state index contributed by atoms with van der Waals surface area (Å²) >= 11 is 0. The highest BCUT2D eigenvalue weighted by Crippen LogP contribution is 2.41. The molecule has 0 saturated heterocycles. The van der Waals surface area contributed by atoms with Gasteiger partial charge in [0.05, 0.1) is 18.9 Å². The van der Waals surface area contributed by atoms with E-state index < -0.39 is 42.6 Å². The number of nitrogens with zero attached hydrogens (tertiary/aromatic N) is 2. The normalized spacial score (nSPS) is 12.2. The van der Waals surface area contributed by atoms with E-state index in [-0.39, 0.29) is 11.3 Å². The molecule has 0 radical (unpaired) electrons. The third-order valence-corrected chi connectivity index (χ3v) is 4.22. The number of H-pyrrole nitrogens is 1. The first-order valence-corrected chi connectivity index (χ1v) is 8.86. The van der Waals surface area contributed by atoms with E-state index in [4.69, 9.17) is 14.9 Å². The maximum absolute atomic E-state index is 14.6. The second-order valence-electron chi connectivity index (χ2n) is 6.54. The summed E-state index contributed by atoms with van der Waals surface area (Å²) in [7, 11) is 3.65. The standard InChI is InChI=1S/C18H24F4N4O3/c1-23-3-4-26(2)8-12-7-24-25-16(12)11-5-14(18(20,21)22)17(15(19)6-11)29-13(9-27)10-28/h5-7,13,23,27-28H,3-4,8-10H2,1-2H3,(H,24,25). The number of ether oxygens (including phenoxy) is 1. The Labute approximate surface area is 165 Å². The molecule has 0 amide bonds. The van der Waals surface area contributed by atoms with Gasteiger partial charge in [0, 0.05) is 37.0 Å². The van der Waals surface area contributed by atoms with Gasteiger partial charge in [0.25, 0.3) is 0 Å². The number of aliphatic hydroxyl groups excluding tert-OH is 2. The van der Waals surface area contributed by atoms with Crippen LogP contribution >= 0.6 is 0 Å². The van der Waals surface area contributed by atoms with Crippen molar-refractivity contribution in [2.45, 2.75) is 18.8 Å². The Morgan fingerprint density at radius 3 is 2.55 bits per heavy atom. The SMILES string of the molecule is CNCCN(C)Cc1c[nH]nc1-c1cc(F)c(OC(CO)CO)c(C(F)(F)F)c1. The first-order valence-electron chi connectivity index (χ1n) is 8.86. The summed E-state index contributed by atoms with van der Waals surface area (Å²) in [6.07, 6.45) is -4.74. The fourth-order valence-electron chi connectivity index (χ4n) is 2.72. The van der Waals surface area contributed by atoms with Crippen LogP contribution in [-0.4, -0.2) is 71.8 Å². The Kier molecular flexibility index (Phi) is 7.96. The molecule has 2 rings (SSSR count). The van der Waals surface area contributed by atoms with Crippen LogP contribution in [0.3, 0.4) is 0 Å². The lowest BCUT2D eigenvalue weighted by Gasteiger charge is -2.20. The Hall–Kier alpha value is -2.21. The van der Waals surface area contributed by atoms with Gasteiger partial charge in [-0.1, -0.05) is 0 Å². The van der Waals surface area contributed by atoms with Crippen molar-refractivity contribution < 1.29 is 32.5 Å². The molecule has 0 bridgehead atoms. The minimum absolute atomic E-state index is 0.0648. The number of likely N-dealkylation sites (N-methyl/N-ethyl adjacent to an activating group) is 2. The molecule has 4 N–H and O–H groups in total. The molecule has 7 nitrogen and oxygen atoms in total. The van der Waals surface area contributed by atoms with Crippen LogP contribution in [0.15, 0.2) is 18.3 Å². The number of alkyl halides is 3. The molecule has 0 fully saturated rings. The zero-order chi connectivity index (χ0) is 21.6. The Balaban J connectivity index is 2.43. The van der Waals surface area contributed by atoms with Crippen molar-refractivity contribution >= 4 is 0 Å². The fraction of sp³-hybridized carbons (Fsp3) is 0.500. The molecule has 0 atom stereocenters. The van der Waals surface area contributed by atoms with Crippen molar-refractivity contribution in [2.75, 3.05) is 40.4 Å². The summed E-state index contributed by atoms with van der Waals surface area (Å²) < 4.78 is 60.1. The molecule has 29 heavy (non-hydrogen) atoms. The van der Waals surface area contributed by atoms with E-state index in [1.807, 2.05) is 11.9 Å². The third-order valence-electron chi connectivity index (χ3n) is 4.22. The maximum Gasteiger partial charge on any atom is 0.420 e. The van der Waals surface area contributed by atoms with Crippen molar-refractivity contribution in [1.29, 1.82) is 0 Å². The minimum Gasteiger partial charge on any atom is -0.482 e. The van der Waals surface area contributed by atoms with Crippen LogP contribution < -0.4 is 10.1 Å². The van der Waals surface area contributed by atoms with Crippen molar-refractivity contribution in [2.24, 2.45) is 0 Å². The smallest absolute Gasteiger partial charge is 0.420 e. The average molecular weight is 420 g/mol. The van der Waals surface area contributed by atoms with E-state index in [2.05, 4.69) is 15.5 Å². The van der Waals surface area contributed by atoms with Gasteiger partial charge in [-0.15, -0.1) is 0 Å². The molecule has 0 aliphatic carbocycles. The van der Waals surface area contributed by atoms with Gasteiger partial charge in [-0.2, -0.15) is 18.3 Å². The van der Waals surface area contributed by atoms with Crippen LogP contribution in [0.4, 0.5) is 17.6 Å². The number of benzene rings is 1. The molecule has 2 aromatic rings. The van der Waals surface area contributed by atoms with Gasteiger partial charge in [0.15, 0.2) is 11.6 Å². The summed E-state index contributed by atoms with van der Waals surface area (Å²) in [5, 5.41) is 27.7. The van der Waals surface area contributed by atoms with Gasteiger partial charge in [-0.3, -0.25) is 5.10 Å². The quantitative estimate of drug-likeness (QED) is 0.437. The monoisotopic (exact) mass is 420 g/mol. The molecule has 11 heteroatoms. The van der Waals surface area contributed by atoms with Crippen LogP contribution in [0.2, 0.25) is 0 Å². The highest BCUT2D eigenvalue weighted by atomic mass is 19.4. The van der Waals surface area contributed by atoms with E-state index in [9.17, 15) is 17.6 Å². The number of nitrogens with one attached hydrogen (secondary N) is 2. The predicted octanol–water partition coefficient (Wildman–Crippen LogP) is 1.62. The van der Waals surface area contributed by atoms with E-state index in [1.54, 1.807) is 13.2 Å². The summed E-state index contributed by atoms with van der Waals surface area (Å²) in [6, 6.07) is 1.64. The first kappa shape index (κ1) is 23.1. The van der Waals surface area contributed by atoms with E-state index in [0.29, 0.717) is 18.7 Å². The van der Waals surface area contributed by atoms with E-state index in [1.165, 1.54) is 0 Å². The molecule has 1 aromatic heterocycles. The van der Waals surface area contributed by atoms with E-state index >= 15 is 0 Å².